The lowest BCUT2D eigenvalue weighted by Gasteiger charge is -2.35. The van der Waals surface area contributed by atoms with Crippen LogP contribution in [0.5, 0.6) is 0 Å². The van der Waals surface area contributed by atoms with Crippen molar-refractivity contribution >= 4 is 9.84 Å². The van der Waals surface area contributed by atoms with Crippen LogP contribution >= 0.6 is 0 Å². The highest BCUT2D eigenvalue weighted by atomic mass is 32.2. The fourth-order valence-electron chi connectivity index (χ4n) is 2.79. The third kappa shape index (κ3) is 2.53. The summed E-state index contributed by atoms with van der Waals surface area (Å²) in [6.45, 7) is 2.51. The lowest BCUT2D eigenvalue weighted by atomic mass is 9.90. The average Bonchev–Trinajstić information content (AvgIpc) is 2.92. The van der Waals surface area contributed by atoms with Gasteiger partial charge in [0.1, 0.15) is 0 Å². The largest absolute Gasteiger partial charge is 0.392 e. The van der Waals surface area contributed by atoms with Gasteiger partial charge in [-0.2, -0.15) is 0 Å². The third-order valence-corrected chi connectivity index (χ3v) is 6.02. The summed E-state index contributed by atoms with van der Waals surface area (Å²) >= 11 is 0. The predicted octanol–water partition coefficient (Wildman–Crippen LogP) is 1.49. The minimum Gasteiger partial charge on any atom is -0.392 e. The topological polar surface area (TPSA) is 72.8 Å². The Balaban J connectivity index is 2.08. The van der Waals surface area contributed by atoms with Crippen molar-refractivity contribution in [2.75, 3.05) is 13.2 Å². The number of sulfone groups is 1. The summed E-state index contributed by atoms with van der Waals surface area (Å²) in [5.74, 6) is -1.60. The highest BCUT2D eigenvalue weighted by molar-refractivity contribution is 7.95. The zero-order valence-electron chi connectivity index (χ0n) is 11.7. The van der Waals surface area contributed by atoms with Crippen LogP contribution in [0.2, 0.25) is 0 Å². The van der Waals surface area contributed by atoms with Crippen LogP contribution in [-0.2, 0) is 19.3 Å². The van der Waals surface area contributed by atoms with Gasteiger partial charge in [-0.3, -0.25) is 0 Å². The fraction of sp³-hybridized carbons (Fsp3) is 0.467. The molecule has 0 amide bonds. The molecule has 1 aromatic rings. The van der Waals surface area contributed by atoms with Crippen LogP contribution in [0.25, 0.3) is 0 Å². The molecular formula is C15H18O5S. The van der Waals surface area contributed by atoms with Crippen molar-refractivity contribution < 1.29 is 23.0 Å². The average molecular weight is 310 g/mol. The monoisotopic (exact) mass is 310 g/mol. The maximum absolute atomic E-state index is 12.8. The molecule has 1 saturated heterocycles. The molecule has 1 spiro atoms. The van der Waals surface area contributed by atoms with Crippen LogP contribution in [0.15, 0.2) is 46.2 Å². The molecule has 1 aromatic carbocycles. The molecule has 1 aliphatic carbocycles. The quantitative estimate of drug-likeness (QED) is 0.896. The Morgan fingerprint density at radius 2 is 1.81 bits per heavy atom. The molecule has 6 heteroatoms. The first-order chi connectivity index (χ1) is 9.95. The summed E-state index contributed by atoms with van der Waals surface area (Å²) in [7, 11) is -3.67. The molecule has 3 rings (SSSR count). The number of rotatable bonds is 2. The van der Waals surface area contributed by atoms with Crippen molar-refractivity contribution in [3.8, 4) is 0 Å². The second kappa shape index (κ2) is 5.21. The molecule has 114 valence electrons. The molecule has 0 radical (unpaired) electrons. The van der Waals surface area contributed by atoms with E-state index < -0.39 is 27.6 Å². The zero-order chi connectivity index (χ0) is 15.1. The van der Waals surface area contributed by atoms with Crippen LogP contribution in [-0.4, -0.2) is 38.6 Å². The number of aliphatic hydroxyl groups is 1. The second-order valence-electron chi connectivity index (χ2n) is 5.43. The van der Waals surface area contributed by atoms with Crippen LogP contribution in [0.3, 0.4) is 0 Å². The number of benzene rings is 1. The molecule has 0 aromatic heterocycles. The van der Waals surface area contributed by atoms with Gasteiger partial charge in [-0.05, 0) is 18.2 Å². The molecule has 0 saturated carbocycles. The lowest BCUT2D eigenvalue weighted by molar-refractivity contribution is -0.148. The molecule has 2 atom stereocenters. The van der Waals surface area contributed by atoms with Gasteiger partial charge in [0.05, 0.1) is 29.1 Å². The molecule has 2 aliphatic rings. The van der Waals surface area contributed by atoms with E-state index in [0.717, 1.165) is 0 Å². The van der Waals surface area contributed by atoms with Crippen LogP contribution in [0, 0.1) is 5.92 Å². The van der Waals surface area contributed by atoms with E-state index in [1.807, 2.05) is 0 Å². The fourth-order valence-corrected chi connectivity index (χ4v) is 4.56. The van der Waals surface area contributed by atoms with Crippen LogP contribution < -0.4 is 0 Å². The van der Waals surface area contributed by atoms with Crippen molar-refractivity contribution in [1.82, 2.24) is 0 Å². The zero-order valence-corrected chi connectivity index (χ0v) is 12.5. The van der Waals surface area contributed by atoms with Crippen molar-refractivity contribution in [2.24, 2.45) is 5.92 Å². The molecule has 1 heterocycles. The van der Waals surface area contributed by atoms with Gasteiger partial charge in [-0.25, -0.2) is 8.42 Å². The number of ether oxygens (including phenoxy) is 2. The summed E-state index contributed by atoms with van der Waals surface area (Å²) in [6, 6.07) is 8.21. The normalized spacial score (nSPS) is 28.6. The summed E-state index contributed by atoms with van der Waals surface area (Å²) in [5.41, 5.74) is 0. The van der Waals surface area contributed by atoms with Gasteiger partial charge in [0.25, 0.3) is 0 Å². The molecule has 1 N–H and O–H groups in total. The smallest absolute Gasteiger partial charge is 0.203 e. The number of hydrogen-bond donors (Lipinski definition) is 1. The Kier molecular flexibility index (Phi) is 3.65. The predicted molar refractivity (Wildman–Crippen MR) is 76.1 cm³/mol. The first kappa shape index (κ1) is 14.7. The maximum atomic E-state index is 12.8. The Hall–Kier alpha value is -1.21. The minimum absolute atomic E-state index is 0.161. The van der Waals surface area contributed by atoms with E-state index in [1.54, 1.807) is 37.3 Å². The van der Waals surface area contributed by atoms with E-state index in [9.17, 15) is 13.5 Å². The molecule has 5 nitrogen and oxygen atoms in total. The van der Waals surface area contributed by atoms with E-state index in [-0.39, 0.29) is 16.2 Å². The summed E-state index contributed by atoms with van der Waals surface area (Å²) in [5, 5.41) is 10.2. The standard InChI is InChI=1S/C15H18O5S/c1-11-13(16)9-15(19-7-8-20-15)10-14(11)21(17,18)12-5-3-2-4-6-12/h2-6,10-11,13,16H,7-9H2,1H3/t11-,13-/m1/s1. The Morgan fingerprint density at radius 3 is 2.43 bits per heavy atom. The maximum Gasteiger partial charge on any atom is 0.203 e. The molecular weight excluding hydrogens is 292 g/mol. The van der Waals surface area contributed by atoms with Crippen molar-refractivity contribution in [3.05, 3.63) is 41.3 Å². The number of hydrogen-bond acceptors (Lipinski definition) is 5. The van der Waals surface area contributed by atoms with E-state index in [4.69, 9.17) is 9.47 Å². The van der Waals surface area contributed by atoms with E-state index in [2.05, 4.69) is 0 Å². The van der Waals surface area contributed by atoms with Gasteiger partial charge in [-0.1, -0.05) is 25.1 Å². The highest BCUT2D eigenvalue weighted by Gasteiger charge is 2.46. The minimum atomic E-state index is -3.67. The van der Waals surface area contributed by atoms with Gasteiger partial charge in [0.15, 0.2) is 5.79 Å². The van der Waals surface area contributed by atoms with Crippen LogP contribution in [0.1, 0.15) is 13.3 Å². The van der Waals surface area contributed by atoms with E-state index in [1.165, 1.54) is 6.08 Å². The molecule has 1 fully saturated rings. The second-order valence-corrected chi connectivity index (χ2v) is 7.38. The molecule has 1 aliphatic heterocycles. The first-order valence-electron chi connectivity index (χ1n) is 6.93. The molecule has 21 heavy (non-hydrogen) atoms. The van der Waals surface area contributed by atoms with Gasteiger partial charge >= 0.3 is 0 Å². The Bertz CT molecular complexity index is 644. The molecule has 0 unspecified atom stereocenters. The van der Waals surface area contributed by atoms with Gasteiger partial charge in [0, 0.05) is 12.3 Å². The SMILES string of the molecule is C[C@H]1C(S(=O)(=O)c2ccccc2)=CC2(C[C@H]1O)OCCO2. The highest BCUT2D eigenvalue weighted by Crippen LogP contribution is 2.40. The van der Waals surface area contributed by atoms with Gasteiger partial charge in [0.2, 0.25) is 9.84 Å². The van der Waals surface area contributed by atoms with Crippen LogP contribution in [0.4, 0.5) is 0 Å². The third-order valence-electron chi connectivity index (χ3n) is 4.02. The van der Waals surface area contributed by atoms with E-state index in [0.29, 0.717) is 13.2 Å². The summed E-state index contributed by atoms with van der Waals surface area (Å²) < 4.78 is 36.7. The summed E-state index contributed by atoms with van der Waals surface area (Å²) in [4.78, 5) is 0.375. The van der Waals surface area contributed by atoms with Gasteiger partial charge in [-0.15, -0.1) is 0 Å². The first-order valence-corrected chi connectivity index (χ1v) is 8.42. The van der Waals surface area contributed by atoms with Crippen molar-refractivity contribution in [2.45, 2.75) is 30.1 Å². The van der Waals surface area contributed by atoms with Crippen molar-refractivity contribution in [3.63, 3.8) is 0 Å². The lowest BCUT2D eigenvalue weighted by Crippen LogP contribution is -2.42. The van der Waals surface area contributed by atoms with E-state index >= 15 is 0 Å². The molecule has 0 bridgehead atoms. The Labute approximate surface area is 124 Å². The van der Waals surface area contributed by atoms with Gasteiger partial charge < -0.3 is 14.6 Å². The Morgan fingerprint density at radius 1 is 1.19 bits per heavy atom. The van der Waals surface area contributed by atoms with Crippen molar-refractivity contribution in [1.29, 1.82) is 0 Å². The number of aliphatic hydroxyl groups excluding tert-OH is 1. The summed E-state index contributed by atoms with van der Waals surface area (Å²) in [6.07, 6.45) is 0.961.